The Morgan fingerprint density at radius 1 is 1.19 bits per heavy atom. The van der Waals surface area contributed by atoms with Crippen LogP contribution < -0.4 is 9.47 Å². The van der Waals surface area contributed by atoms with Crippen LogP contribution in [0, 0.1) is 11.8 Å². The van der Waals surface area contributed by atoms with E-state index >= 15 is 0 Å². The van der Waals surface area contributed by atoms with Crippen LogP contribution >= 0.6 is 11.6 Å². The molecule has 0 bridgehead atoms. The Kier molecular flexibility index (Phi) is 4.99. The normalized spacial score (nSPS) is 22.0. The summed E-state index contributed by atoms with van der Waals surface area (Å²) in [5.74, 6) is 1.97. The van der Waals surface area contributed by atoms with Crippen LogP contribution in [0.2, 0.25) is 5.02 Å². The van der Waals surface area contributed by atoms with E-state index in [1.165, 1.54) is 14.2 Å². The van der Waals surface area contributed by atoms with Gasteiger partial charge in [0.15, 0.2) is 11.5 Å². The molecule has 1 amide bonds. The Morgan fingerprint density at radius 2 is 1.81 bits per heavy atom. The fraction of sp³-hybridized carbons (Fsp3) is 0.562. The third kappa shape index (κ3) is 3.43. The zero-order valence-corrected chi connectivity index (χ0v) is 13.7. The number of likely N-dealkylation sites (tertiary alicyclic amines) is 1. The smallest absolute Gasteiger partial charge is 0.254 e. The molecule has 1 aliphatic rings. The minimum absolute atomic E-state index is 0.00347. The zero-order valence-electron chi connectivity index (χ0n) is 13.0. The molecule has 21 heavy (non-hydrogen) atoms. The number of carbonyl (C=O) groups is 1. The summed E-state index contributed by atoms with van der Waals surface area (Å²) in [6, 6.07) is 3.34. The van der Waals surface area contributed by atoms with Crippen molar-refractivity contribution in [1.82, 2.24) is 4.90 Å². The van der Waals surface area contributed by atoms with Crippen molar-refractivity contribution >= 4 is 17.5 Å². The lowest BCUT2D eigenvalue weighted by atomic mass is 9.91. The molecule has 1 fully saturated rings. The number of amides is 1. The summed E-state index contributed by atoms with van der Waals surface area (Å²) in [6.07, 6.45) is 1.16. The van der Waals surface area contributed by atoms with Crippen LogP contribution in [0.3, 0.4) is 0 Å². The number of ether oxygens (including phenoxy) is 2. The van der Waals surface area contributed by atoms with Gasteiger partial charge in [0, 0.05) is 18.7 Å². The van der Waals surface area contributed by atoms with Gasteiger partial charge < -0.3 is 14.4 Å². The molecule has 4 nitrogen and oxygen atoms in total. The third-order valence-corrected chi connectivity index (χ3v) is 4.12. The van der Waals surface area contributed by atoms with E-state index in [-0.39, 0.29) is 5.91 Å². The lowest BCUT2D eigenvalue weighted by Gasteiger charge is -2.35. The Balaban J connectivity index is 2.29. The Labute approximate surface area is 131 Å². The van der Waals surface area contributed by atoms with Gasteiger partial charge >= 0.3 is 0 Å². The van der Waals surface area contributed by atoms with Crippen molar-refractivity contribution in [2.75, 3.05) is 27.3 Å². The molecule has 1 heterocycles. The van der Waals surface area contributed by atoms with Gasteiger partial charge in [0.05, 0.1) is 19.2 Å². The van der Waals surface area contributed by atoms with Crippen LogP contribution in [-0.2, 0) is 0 Å². The molecule has 0 radical (unpaired) electrons. The van der Waals surface area contributed by atoms with Crippen molar-refractivity contribution in [1.29, 1.82) is 0 Å². The number of nitrogens with zero attached hydrogens (tertiary/aromatic N) is 1. The standard InChI is InChI=1S/C16H22ClNO3/c1-10-5-11(2)9-18(8-10)16(19)12-6-13(17)15(21-4)14(7-12)20-3/h6-7,10-11H,5,8-9H2,1-4H3/t10-,11-/m1/s1. The molecule has 5 heteroatoms. The van der Waals surface area contributed by atoms with E-state index in [9.17, 15) is 4.79 Å². The van der Waals surface area contributed by atoms with Gasteiger partial charge in [-0.05, 0) is 30.4 Å². The molecule has 0 N–H and O–H groups in total. The van der Waals surface area contributed by atoms with Crippen molar-refractivity contribution in [3.05, 3.63) is 22.7 Å². The highest BCUT2D eigenvalue weighted by atomic mass is 35.5. The van der Waals surface area contributed by atoms with Gasteiger partial charge in [-0.25, -0.2) is 0 Å². The predicted octanol–water partition coefficient (Wildman–Crippen LogP) is 3.48. The lowest BCUT2D eigenvalue weighted by Crippen LogP contribution is -2.42. The number of methoxy groups -OCH3 is 2. The van der Waals surface area contributed by atoms with Crippen LogP contribution in [0.5, 0.6) is 11.5 Å². The molecule has 0 saturated carbocycles. The molecule has 0 aliphatic carbocycles. The first kappa shape index (κ1) is 16.0. The number of rotatable bonds is 3. The van der Waals surface area contributed by atoms with Crippen LogP contribution in [0.1, 0.15) is 30.6 Å². The second-order valence-electron chi connectivity index (χ2n) is 5.85. The molecule has 0 spiro atoms. The van der Waals surface area contributed by atoms with Crippen LogP contribution in [0.15, 0.2) is 12.1 Å². The summed E-state index contributed by atoms with van der Waals surface area (Å²) < 4.78 is 10.5. The predicted molar refractivity (Wildman–Crippen MR) is 83.4 cm³/mol. The van der Waals surface area contributed by atoms with Crippen molar-refractivity contribution in [3.63, 3.8) is 0 Å². The monoisotopic (exact) mass is 311 g/mol. The highest BCUT2D eigenvalue weighted by molar-refractivity contribution is 6.32. The maximum absolute atomic E-state index is 12.7. The maximum Gasteiger partial charge on any atom is 0.254 e. The van der Waals surface area contributed by atoms with Gasteiger partial charge in [0.25, 0.3) is 5.91 Å². The largest absolute Gasteiger partial charge is 0.493 e. The van der Waals surface area contributed by atoms with Crippen molar-refractivity contribution in [2.45, 2.75) is 20.3 Å². The minimum Gasteiger partial charge on any atom is -0.493 e. The summed E-state index contributed by atoms with van der Waals surface area (Å²) in [5.41, 5.74) is 0.541. The van der Waals surface area contributed by atoms with E-state index in [0.29, 0.717) is 33.9 Å². The zero-order chi connectivity index (χ0) is 15.6. The lowest BCUT2D eigenvalue weighted by molar-refractivity contribution is 0.0622. The van der Waals surface area contributed by atoms with Crippen LogP contribution in [-0.4, -0.2) is 38.1 Å². The van der Waals surface area contributed by atoms with E-state index in [2.05, 4.69) is 13.8 Å². The average Bonchev–Trinajstić information content (AvgIpc) is 2.44. The molecule has 116 valence electrons. The molecule has 2 rings (SSSR count). The van der Waals surface area contributed by atoms with E-state index < -0.39 is 0 Å². The summed E-state index contributed by atoms with van der Waals surface area (Å²) in [4.78, 5) is 14.6. The highest BCUT2D eigenvalue weighted by Gasteiger charge is 2.27. The Bertz CT molecular complexity index is 522. The molecule has 1 aromatic rings. The summed E-state index contributed by atoms with van der Waals surface area (Å²) in [5, 5.41) is 0.387. The number of carbonyl (C=O) groups excluding carboxylic acids is 1. The van der Waals surface area contributed by atoms with Gasteiger partial charge in [-0.1, -0.05) is 25.4 Å². The summed E-state index contributed by atoms with van der Waals surface area (Å²) >= 11 is 6.18. The second kappa shape index (κ2) is 6.56. The van der Waals surface area contributed by atoms with E-state index in [1.807, 2.05) is 4.90 Å². The van der Waals surface area contributed by atoms with E-state index in [4.69, 9.17) is 21.1 Å². The summed E-state index contributed by atoms with van der Waals surface area (Å²) in [6.45, 7) is 5.93. The number of hydrogen-bond acceptors (Lipinski definition) is 3. The SMILES string of the molecule is COc1cc(C(=O)N2C[C@H](C)C[C@@H](C)C2)cc(Cl)c1OC. The third-order valence-electron chi connectivity index (χ3n) is 3.84. The number of halogens is 1. The second-order valence-corrected chi connectivity index (χ2v) is 6.26. The van der Waals surface area contributed by atoms with Gasteiger partial charge in [-0.15, -0.1) is 0 Å². The fourth-order valence-electron chi connectivity index (χ4n) is 3.05. The van der Waals surface area contributed by atoms with Crippen LogP contribution in [0.25, 0.3) is 0 Å². The van der Waals surface area contributed by atoms with Gasteiger partial charge in [-0.2, -0.15) is 0 Å². The number of piperidine rings is 1. The molecule has 1 saturated heterocycles. The van der Waals surface area contributed by atoms with Crippen molar-refractivity contribution in [2.24, 2.45) is 11.8 Å². The highest BCUT2D eigenvalue weighted by Crippen LogP contribution is 2.36. The van der Waals surface area contributed by atoms with Gasteiger partial charge in [0.1, 0.15) is 0 Å². The first-order valence-electron chi connectivity index (χ1n) is 7.17. The molecule has 1 aliphatic heterocycles. The molecular formula is C16H22ClNO3. The first-order chi connectivity index (χ1) is 9.96. The molecule has 2 atom stereocenters. The van der Waals surface area contributed by atoms with Gasteiger partial charge in [0.2, 0.25) is 0 Å². The van der Waals surface area contributed by atoms with E-state index in [1.54, 1.807) is 12.1 Å². The quantitative estimate of drug-likeness (QED) is 0.858. The molecule has 1 aromatic carbocycles. The molecule has 0 aromatic heterocycles. The Morgan fingerprint density at radius 3 is 2.33 bits per heavy atom. The Hall–Kier alpha value is -1.42. The van der Waals surface area contributed by atoms with Crippen molar-refractivity contribution in [3.8, 4) is 11.5 Å². The number of benzene rings is 1. The first-order valence-corrected chi connectivity index (χ1v) is 7.54. The maximum atomic E-state index is 12.7. The molecule has 0 unspecified atom stereocenters. The minimum atomic E-state index is -0.00347. The van der Waals surface area contributed by atoms with Crippen LogP contribution in [0.4, 0.5) is 0 Å². The van der Waals surface area contributed by atoms with E-state index in [0.717, 1.165) is 19.5 Å². The topological polar surface area (TPSA) is 38.8 Å². The average molecular weight is 312 g/mol. The summed E-state index contributed by atoms with van der Waals surface area (Å²) in [7, 11) is 3.06. The fourth-order valence-corrected chi connectivity index (χ4v) is 3.34. The van der Waals surface area contributed by atoms with Gasteiger partial charge in [-0.3, -0.25) is 4.79 Å². The van der Waals surface area contributed by atoms with Crippen molar-refractivity contribution < 1.29 is 14.3 Å². The number of hydrogen-bond donors (Lipinski definition) is 0. The molecular weight excluding hydrogens is 290 g/mol.